The molecule has 1 aromatic carbocycles. The summed E-state index contributed by atoms with van der Waals surface area (Å²) >= 11 is 1.51. The number of rotatable bonds is 8. The fourth-order valence-electron chi connectivity index (χ4n) is 2.04. The number of nitro benzene ring substituents is 1. The number of nitrogens with zero attached hydrogens (tertiary/aromatic N) is 2. The van der Waals surface area contributed by atoms with E-state index in [-0.39, 0.29) is 17.2 Å². The van der Waals surface area contributed by atoms with E-state index in [0.717, 1.165) is 10.9 Å². The number of carbonyl (C=O) groups excluding carboxylic acids is 3. The number of hydrogen-bond acceptors (Lipinski definition) is 7. The van der Waals surface area contributed by atoms with Crippen molar-refractivity contribution in [1.29, 1.82) is 0 Å². The Morgan fingerprint density at radius 3 is 2.70 bits per heavy atom. The summed E-state index contributed by atoms with van der Waals surface area (Å²) in [6, 6.07) is 8.88. The van der Waals surface area contributed by atoms with E-state index in [0.29, 0.717) is 6.54 Å². The van der Waals surface area contributed by atoms with Crippen molar-refractivity contribution in [2.75, 3.05) is 20.2 Å². The third-order valence-electron chi connectivity index (χ3n) is 3.47. The van der Waals surface area contributed by atoms with Gasteiger partial charge in [0, 0.05) is 29.6 Å². The quantitative estimate of drug-likeness (QED) is 0.415. The molecule has 1 heterocycles. The number of carbonyl (C=O) groups is 3. The summed E-state index contributed by atoms with van der Waals surface area (Å²) in [7, 11) is 1.60. The number of thiophene rings is 1. The average Bonchev–Trinajstić information content (AvgIpc) is 3.17. The Kier molecular flexibility index (Phi) is 7.00. The van der Waals surface area contributed by atoms with Crippen molar-refractivity contribution in [2.24, 2.45) is 0 Å². The highest BCUT2D eigenvalue weighted by Crippen LogP contribution is 2.13. The molecule has 9 nitrogen and oxygen atoms in total. The standard InChI is InChI=1S/C17H17N3O6S/c1-19(10-14-6-3-7-27-14)15(21)11-26-16(22)9-18-17(23)12-4-2-5-13(8-12)20(24)25/h2-8H,9-11H2,1H3,(H,18,23). The first kappa shape index (κ1) is 20.0. The topological polar surface area (TPSA) is 119 Å². The molecule has 2 rings (SSSR count). The molecule has 0 spiro atoms. The van der Waals surface area contributed by atoms with Gasteiger partial charge in [-0.05, 0) is 17.5 Å². The van der Waals surface area contributed by atoms with Crippen LogP contribution in [0.25, 0.3) is 0 Å². The molecule has 0 saturated heterocycles. The second kappa shape index (κ2) is 9.43. The normalized spacial score (nSPS) is 10.1. The second-order valence-electron chi connectivity index (χ2n) is 5.48. The third-order valence-corrected chi connectivity index (χ3v) is 4.33. The van der Waals surface area contributed by atoms with Gasteiger partial charge in [0.25, 0.3) is 17.5 Å². The number of nitrogens with one attached hydrogen (secondary N) is 1. The molecule has 0 aliphatic carbocycles. The molecule has 0 atom stereocenters. The lowest BCUT2D eigenvalue weighted by Crippen LogP contribution is -2.34. The van der Waals surface area contributed by atoms with Crippen molar-refractivity contribution >= 4 is 34.8 Å². The predicted octanol–water partition coefficient (Wildman–Crippen LogP) is 1.59. The summed E-state index contributed by atoms with van der Waals surface area (Å²) in [6.07, 6.45) is 0. The minimum atomic E-state index is -0.786. The van der Waals surface area contributed by atoms with Crippen LogP contribution >= 0.6 is 11.3 Å². The van der Waals surface area contributed by atoms with Crippen molar-refractivity contribution in [1.82, 2.24) is 10.2 Å². The van der Waals surface area contributed by atoms with Gasteiger partial charge >= 0.3 is 5.97 Å². The van der Waals surface area contributed by atoms with Gasteiger partial charge in [-0.15, -0.1) is 11.3 Å². The summed E-state index contributed by atoms with van der Waals surface area (Å²) in [5.74, 6) is -1.81. The number of ether oxygens (including phenoxy) is 1. The van der Waals surface area contributed by atoms with Gasteiger partial charge in [0.1, 0.15) is 6.54 Å². The zero-order valence-electron chi connectivity index (χ0n) is 14.4. The third kappa shape index (κ3) is 6.19. The summed E-state index contributed by atoms with van der Waals surface area (Å²) < 4.78 is 4.84. The number of amides is 2. The average molecular weight is 391 g/mol. The molecule has 142 valence electrons. The Bertz CT molecular complexity index is 837. The first-order valence-electron chi connectivity index (χ1n) is 7.81. The highest BCUT2D eigenvalue weighted by atomic mass is 32.1. The highest BCUT2D eigenvalue weighted by Gasteiger charge is 2.15. The van der Waals surface area contributed by atoms with Crippen molar-refractivity contribution in [3.05, 3.63) is 62.3 Å². The van der Waals surface area contributed by atoms with E-state index in [4.69, 9.17) is 4.74 Å². The smallest absolute Gasteiger partial charge is 0.325 e. The number of hydrogen-bond donors (Lipinski definition) is 1. The lowest BCUT2D eigenvalue weighted by molar-refractivity contribution is -0.384. The van der Waals surface area contributed by atoms with E-state index in [9.17, 15) is 24.5 Å². The van der Waals surface area contributed by atoms with Crippen LogP contribution in [0, 0.1) is 10.1 Å². The van der Waals surface area contributed by atoms with Crippen LogP contribution in [-0.4, -0.2) is 47.8 Å². The van der Waals surface area contributed by atoms with Gasteiger partial charge < -0.3 is 15.0 Å². The van der Waals surface area contributed by atoms with E-state index in [1.807, 2.05) is 17.5 Å². The molecule has 0 radical (unpaired) electrons. The SMILES string of the molecule is CN(Cc1cccs1)C(=O)COC(=O)CNC(=O)c1cccc([N+](=O)[O-])c1. The molecule has 1 N–H and O–H groups in total. The molecule has 0 aliphatic heterocycles. The van der Waals surface area contributed by atoms with E-state index in [1.165, 1.54) is 34.4 Å². The predicted molar refractivity (Wildman–Crippen MR) is 97.2 cm³/mol. The molecular weight excluding hydrogens is 374 g/mol. The minimum absolute atomic E-state index is 0.0451. The Morgan fingerprint density at radius 2 is 2.04 bits per heavy atom. The van der Waals surface area contributed by atoms with Crippen LogP contribution in [-0.2, 0) is 20.9 Å². The molecule has 0 bridgehead atoms. The highest BCUT2D eigenvalue weighted by molar-refractivity contribution is 7.09. The maximum Gasteiger partial charge on any atom is 0.325 e. The van der Waals surface area contributed by atoms with Gasteiger partial charge in [0.2, 0.25) is 0 Å². The van der Waals surface area contributed by atoms with Crippen molar-refractivity contribution in [2.45, 2.75) is 6.54 Å². The van der Waals surface area contributed by atoms with Crippen molar-refractivity contribution in [3.63, 3.8) is 0 Å². The summed E-state index contributed by atoms with van der Waals surface area (Å²) in [5, 5.41) is 14.9. The molecule has 2 amide bonds. The van der Waals surface area contributed by atoms with Crippen LogP contribution in [0.4, 0.5) is 5.69 Å². The molecule has 0 fully saturated rings. The van der Waals surface area contributed by atoms with Gasteiger partial charge in [-0.1, -0.05) is 12.1 Å². The van der Waals surface area contributed by atoms with Crippen LogP contribution in [0.15, 0.2) is 41.8 Å². The van der Waals surface area contributed by atoms with Gasteiger partial charge in [0.05, 0.1) is 11.5 Å². The molecule has 2 aromatic rings. The fraction of sp³-hybridized carbons (Fsp3) is 0.235. The van der Waals surface area contributed by atoms with E-state index in [2.05, 4.69) is 5.32 Å². The Balaban J connectivity index is 1.75. The first-order chi connectivity index (χ1) is 12.9. The van der Waals surface area contributed by atoms with Crippen LogP contribution < -0.4 is 5.32 Å². The number of non-ortho nitro benzene ring substituents is 1. The Morgan fingerprint density at radius 1 is 1.26 bits per heavy atom. The number of likely N-dealkylation sites (N-methyl/N-ethyl adjacent to an activating group) is 1. The molecule has 10 heteroatoms. The van der Waals surface area contributed by atoms with Crippen molar-refractivity contribution in [3.8, 4) is 0 Å². The first-order valence-corrected chi connectivity index (χ1v) is 8.69. The maximum atomic E-state index is 11.9. The van der Waals surface area contributed by atoms with Gasteiger partial charge in [-0.3, -0.25) is 24.5 Å². The Labute approximate surface area is 158 Å². The van der Waals surface area contributed by atoms with Crippen molar-refractivity contribution < 1.29 is 24.0 Å². The zero-order chi connectivity index (χ0) is 19.8. The monoisotopic (exact) mass is 391 g/mol. The molecule has 0 aliphatic rings. The van der Waals surface area contributed by atoms with E-state index < -0.39 is 30.0 Å². The fourth-order valence-corrected chi connectivity index (χ4v) is 2.80. The molecule has 1 aromatic heterocycles. The molecule has 0 saturated carbocycles. The van der Waals surface area contributed by atoms with Gasteiger partial charge in [-0.25, -0.2) is 0 Å². The zero-order valence-corrected chi connectivity index (χ0v) is 15.2. The van der Waals surface area contributed by atoms with Crippen LogP contribution in [0.3, 0.4) is 0 Å². The summed E-state index contributed by atoms with van der Waals surface area (Å²) in [5.41, 5.74) is -0.187. The van der Waals surface area contributed by atoms with Crippen LogP contribution in [0.5, 0.6) is 0 Å². The van der Waals surface area contributed by atoms with E-state index in [1.54, 1.807) is 7.05 Å². The van der Waals surface area contributed by atoms with Crippen LogP contribution in [0.2, 0.25) is 0 Å². The largest absolute Gasteiger partial charge is 0.454 e. The molecule has 27 heavy (non-hydrogen) atoms. The minimum Gasteiger partial charge on any atom is -0.454 e. The van der Waals surface area contributed by atoms with E-state index >= 15 is 0 Å². The second-order valence-corrected chi connectivity index (χ2v) is 6.51. The van der Waals surface area contributed by atoms with Gasteiger partial charge in [0.15, 0.2) is 6.61 Å². The lowest BCUT2D eigenvalue weighted by atomic mass is 10.2. The number of esters is 1. The lowest BCUT2D eigenvalue weighted by Gasteiger charge is -2.16. The Hall–Kier alpha value is -3.27. The number of nitro groups is 1. The van der Waals surface area contributed by atoms with Gasteiger partial charge in [-0.2, -0.15) is 0 Å². The van der Waals surface area contributed by atoms with Crippen LogP contribution in [0.1, 0.15) is 15.2 Å². The number of benzene rings is 1. The molecular formula is C17H17N3O6S. The maximum absolute atomic E-state index is 11.9. The summed E-state index contributed by atoms with van der Waals surface area (Å²) in [4.78, 5) is 48.1. The molecule has 0 unspecified atom stereocenters. The summed E-state index contributed by atoms with van der Waals surface area (Å²) in [6.45, 7) is -0.478.